The van der Waals surface area contributed by atoms with E-state index in [1.165, 1.54) is 22.5 Å². The van der Waals surface area contributed by atoms with E-state index in [9.17, 15) is 26.4 Å². The van der Waals surface area contributed by atoms with Gasteiger partial charge in [-0.2, -0.15) is 4.31 Å². The van der Waals surface area contributed by atoms with Gasteiger partial charge in [0.1, 0.15) is 17.5 Å². The van der Waals surface area contributed by atoms with Crippen LogP contribution in [0.4, 0.5) is 18.9 Å². The van der Waals surface area contributed by atoms with Gasteiger partial charge < -0.3 is 5.32 Å². The largest absolute Gasteiger partial charge is 0.325 e. The van der Waals surface area contributed by atoms with Crippen LogP contribution in [0.1, 0.15) is 0 Å². The van der Waals surface area contributed by atoms with Gasteiger partial charge in [-0.3, -0.25) is 9.69 Å². The van der Waals surface area contributed by atoms with Crippen LogP contribution in [-0.2, 0) is 14.8 Å². The van der Waals surface area contributed by atoms with Gasteiger partial charge in [0.05, 0.1) is 11.4 Å². The molecule has 10 heteroatoms. The number of carbonyl (C=O) groups is 1. The summed E-state index contributed by atoms with van der Waals surface area (Å²) < 4.78 is 66.0. The number of nitrogens with one attached hydrogen (secondary N) is 1. The molecular formula is C18H18F3N3O3S. The van der Waals surface area contributed by atoms with Crippen LogP contribution in [0.2, 0.25) is 0 Å². The van der Waals surface area contributed by atoms with Crippen molar-refractivity contribution < 1.29 is 26.4 Å². The SMILES string of the molecule is O=C(CN1CCN(S(=O)(=O)c2cccc(F)c2)CC1)Nc1cc(F)cc(F)c1. The molecule has 2 aromatic rings. The molecule has 150 valence electrons. The second kappa shape index (κ2) is 8.29. The summed E-state index contributed by atoms with van der Waals surface area (Å²) in [5.74, 6) is -2.70. The van der Waals surface area contributed by atoms with Gasteiger partial charge in [-0.15, -0.1) is 0 Å². The van der Waals surface area contributed by atoms with Crippen molar-refractivity contribution in [2.75, 3.05) is 38.0 Å². The molecule has 0 unspecified atom stereocenters. The van der Waals surface area contributed by atoms with Crippen LogP contribution in [0, 0.1) is 17.5 Å². The lowest BCUT2D eigenvalue weighted by Gasteiger charge is -2.33. The highest BCUT2D eigenvalue weighted by atomic mass is 32.2. The maximum atomic E-state index is 13.3. The van der Waals surface area contributed by atoms with Crippen molar-refractivity contribution in [3.63, 3.8) is 0 Å². The molecule has 1 N–H and O–H groups in total. The molecule has 1 saturated heterocycles. The Labute approximate surface area is 160 Å². The quantitative estimate of drug-likeness (QED) is 0.815. The van der Waals surface area contributed by atoms with Crippen LogP contribution < -0.4 is 5.32 Å². The van der Waals surface area contributed by atoms with Crippen molar-refractivity contribution in [2.45, 2.75) is 4.90 Å². The van der Waals surface area contributed by atoms with Crippen molar-refractivity contribution in [1.29, 1.82) is 0 Å². The van der Waals surface area contributed by atoms with E-state index in [1.54, 1.807) is 4.90 Å². The number of carbonyl (C=O) groups excluding carboxylic acids is 1. The number of rotatable bonds is 5. The summed E-state index contributed by atoms with van der Waals surface area (Å²) in [5, 5.41) is 2.41. The van der Waals surface area contributed by atoms with E-state index >= 15 is 0 Å². The molecule has 0 aliphatic carbocycles. The summed E-state index contributed by atoms with van der Waals surface area (Å²) >= 11 is 0. The average Bonchev–Trinajstić information content (AvgIpc) is 2.61. The molecule has 0 atom stereocenters. The van der Waals surface area contributed by atoms with E-state index in [-0.39, 0.29) is 30.2 Å². The molecule has 6 nitrogen and oxygen atoms in total. The number of piperazine rings is 1. The van der Waals surface area contributed by atoms with E-state index in [1.807, 2.05) is 0 Å². The van der Waals surface area contributed by atoms with E-state index in [2.05, 4.69) is 5.32 Å². The van der Waals surface area contributed by atoms with E-state index in [0.717, 1.165) is 18.2 Å². The maximum absolute atomic E-state index is 13.3. The van der Waals surface area contributed by atoms with E-state index in [4.69, 9.17) is 0 Å². The highest BCUT2D eigenvalue weighted by molar-refractivity contribution is 7.89. The van der Waals surface area contributed by atoms with Gasteiger partial charge in [-0.25, -0.2) is 21.6 Å². The molecule has 0 spiro atoms. The molecule has 1 fully saturated rings. The molecule has 0 bridgehead atoms. The number of anilines is 1. The van der Waals surface area contributed by atoms with Crippen LogP contribution in [0.3, 0.4) is 0 Å². The molecule has 1 aliphatic rings. The number of nitrogens with zero attached hydrogens (tertiary/aromatic N) is 2. The van der Waals surface area contributed by atoms with Crippen molar-refractivity contribution in [3.05, 3.63) is 59.9 Å². The van der Waals surface area contributed by atoms with Crippen LogP contribution in [0.25, 0.3) is 0 Å². The Bertz CT molecular complexity index is 957. The Balaban J connectivity index is 1.56. The zero-order valence-corrected chi connectivity index (χ0v) is 15.6. The normalized spacial score (nSPS) is 16.1. The fourth-order valence-corrected chi connectivity index (χ4v) is 4.39. The molecule has 0 saturated carbocycles. The van der Waals surface area contributed by atoms with Crippen molar-refractivity contribution >= 4 is 21.6 Å². The first-order valence-electron chi connectivity index (χ1n) is 8.48. The van der Waals surface area contributed by atoms with Gasteiger partial charge in [0.15, 0.2) is 0 Å². The minimum atomic E-state index is -3.81. The number of benzene rings is 2. The number of hydrogen-bond donors (Lipinski definition) is 1. The van der Waals surface area contributed by atoms with Gasteiger partial charge in [0.25, 0.3) is 0 Å². The van der Waals surface area contributed by atoms with Crippen molar-refractivity contribution in [1.82, 2.24) is 9.21 Å². The lowest BCUT2D eigenvalue weighted by Crippen LogP contribution is -2.50. The zero-order valence-electron chi connectivity index (χ0n) is 14.7. The Morgan fingerprint density at radius 3 is 2.18 bits per heavy atom. The Morgan fingerprint density at radius 1 is 0.929 bits per heavy atom. The van der Waals surface area contributed by atoms with Crippen LogP contribution in [0.5, 0.6) is 0 Å². The van der Waals surface area contributed by atoms with E-state index in [0.29, 0.717) is 19.2 Å². The van der Waals surface area contributed by atoms with Gasteiger partial charge >= 0.3 is 0 Å². The Morgan fingerprint density at radius 2 is 1.57 bits per heavy atom. The number of halogens is 3. The molecule has 2 aromatic carbocycles. The van der Waals surface area contributed by atoms with Crippen LogP contribution >= 0.6 is 0 Å². The highest BCUT2D eigenvalue weighted by Crippen LogP contribution is 2.18. The second-order valence-electron chi connectivity index (χ2n) is 6.34. The molecular weight excluding hydrogens is 395 g/mol. The fraction of sp³-hybridized carbons (Fsp3) is 0.278. The first-order chi connectivity index (χ1) is 13.2. The fourth-order valence-electron chi connectivity index (χ4n) is 2.93. The van der Waals surface area contributed by atoms with Crippen molar-refractivity contribution in [2.24, 2.45) is 0 Å². The average molecular weight is 413 g/mol. The maximum Gasteiger partial charge on any atom is 0.243 e. The smallest absolute Gasteiger partial charge is 0.243 e. The minimum Gasteiger partial charge on any atom is -0.325 e. The summed E-state index contributed by atoms with van der Waals surface area (Å²) in [6.45, 7) is 0.812. The Hall–Kier alpha value is -2.43. The third-order valence-electron chi connectivity index (χ3n) is 4.28. The predicted octanol–water partition coefficient (Wildman–Crippen LogP) is 2.05. The first kappa shape index (κ1) is 20.3. The molecule has 0 aromatic heterocycles. The number of hydrogen-bond acceptors (Lipinski definition) is 4. The van der Waals surface area contributed by atoms with E-state index < -0.39 is 33.4 Å². The Kier molecular flexibility index (Phi) is 6.01. The molecule has 28 heavy (non-hydrogen) atoms. The lowest BCUT2D eigenvalue weighted by atomic mass is 10.3. The number of sulfonamides is 1. The van der Waals surface area contributed by atoms with Gasteiger partial charge in [-0.05, 0) is 30.3 Å². The molecule has 3 rings (SSSR count). The third-order valence-corrected chi connectivity index (χ3v) is 6.17. The zero-order chi connectivity index (χ0) is 20.3. The summed E-state index contributed by atoms with van der Waals surface area (Å²) in [7, 11) is -3.81. The lowest BCUT2D eigenvalue weighted by molar-refractivity contribution is -0.117. The third kappa shape index (κ3) is 4.89. The minimum absolute atomic E-state index is 0.00909. The summed E-state index contributed by atoms with van der Waals surface area (Å²) in [5.41, 5.74) is 0.00909. The summed E-state index contributed by atoms with van der Waals surface area (Å²) in [4.78, 5) is 13.7. The van der Waals surface area contributed by atoms with Crippen molar-refractivity contribution in [3.8, 4) is 0 Å². The van der Waals surface area contributed by atoms with Crippen LogP contribution in [-0.4, -0.2) is 56.3 Å². The highest BCUT2D eigenvalue weighted by Gasteiger charge is 2.29. The summed E-state index contributed by atoms with van der Waals surface area (Å²) in [6, 6.07) is 7.50. The van der Waals surface area contributed by atoms with Crippen LogP contribution in [0.15, 0.2) is 47.4 Å². The molecule has 0 radical (unpaired) electrons. The second-order valence-corrected chi connectivity index (χ2v) is 8.28. The molecule has 1 aliphatic heterocycles. The summed E-state index contributed by atoms with van der Waals surface area (Å²) in [6.07, 6.45) is 0. The van der Waals surface area contributed by atoms with Gasteiger partial charge in [0.2, 0.25) is 15.9 Å². The monoisotopic (exact) mass is 413 g/mol. The molecule has 1 amide bonds. The molecule has 1 heterocycles. The first-order valence-corrected chi connectivity index (χ1v) is 9.92. The van der Waals surface area contributed by atoms with Gasteiger partial charge in [-0.1, -0.05) is 6.07 Å². The van der Waals surface area contributed by atoms with Gasteiger partial charge in [0, 0.05) is 37.9 Å². The standard InChI is InChI=1S/C18H18F3N3O3S/c19-13-2-1-3-17(11-13)28(26,27)24-6-4-23(5-7-24)12-18(25)22-16-9-14(20)8-15(21)10-16/h1-3,8-11H,4-7,12H2,(H,22,25). The number of amides is 1. The predicted molar refractivity (Wildman–Crippen MR) is 96.6 cm³/mol. The topological polar surface area (TPSA) is 69.7 Å².